The summed E-state index contributed by atoms with van der Waals surface area (Å²) in [6.07, 6.45) is 5.56. The van der Waals surface area contributed by atoms with E-state index < -0.39 is 11.9 Å². The van der Waals surface area contributed by atoms with Gasteiger partial charge in [0.2, 0.25) is 5.95 Å². The second kappa shape index (κ2) is 6.43. The molecule has 9 heteroatoms. The van der Waals surface area contributed by atoms with Crippen LogP contribution in [0.4, 0.5) is 5.95 Å². The van der Waals surface area contributed by atoms with Crippen molar-refractivity contribution in [2.24, 2.45) is 5.92 Å². The Hall–Kier alpha value is -3.49. The zero-order chi connectivity index (χ0) is 18.1. The third-order valence-corrected chi connectivity index (χ3v) is 4.22. The van der Waals surface area contributed by atoms with Crippen LogP contribution in [0.3, 0.4) is 0 Å². The van der Waals surface area contributed by atoms with Crippen molar-refractivity contribution < 1.29 is 14.6 Å². The fourth-order valence-electron chi connectivity index (χ4n) is 2.85. The molecule has 0 radical (unpaired) electrons. The van der Waals surface area contributed by atoms with E-state index in [1.807, 2.05) is 30.3 Å². The number of benzene rings is 1. The van der Waals surface area contributed by atoms with Crippen molar-refractivity contribution in [3.63, 3.8) is 0 Å². The van der Waals surface area contributed by atoms with Gasteiger partial charge in [-0.3, -0.25) is 4.79 Å². The molecule has 132 valence electrons. The minimum Gasteiger partial charge on any atom is -0.497 e. The highest BCUT2D eigenvalue weighted by atomic mass is 16.5. The molecule has 0 saturated carbocycles. The predicted octanol–water partition coefficient (Wildman–Crippen LogP) is 1.66. The van der Waals surface area contributed by atoms with Crippen molar-refractivity contribution in [1.82, 2.24) is 25.0 Å². The second-order valence-electron chi connectivity index (χ2n) is 5.92. The molecule has 1 unspecified atom stereocenters. The molecular weight excluding hydrogens is 336 g/mol. The van der Waals surface area contributed by atoms with E-state index in [0.717, 1.165) is 11.4 Å². The van der Waals surface area contributed by atoms with Gasteiger partial charge in [-0.2, -0.15) is 9.67 Å². The molecule has 0 saturated heterocycles. The number of carbonyl (C=O) groups is 1. The first-order valence-electron chi connectivity index (χ1n) is 8.04. The summed E-state index contributed by atoms with van der Waals surface area (Å²) in [6.45, 7) is 0. The van der Waals surface area contributed by atoms with Gasteiger partial charge in [-0.15, -0.1) is 5.10 Å². The van der Waals surface area contributed by atoms with E-state index in [1.165, 1.54) is 0 Å². The summed E-state index contributed by atoms with van der Waals surface area (Å²) in [5.41, 5.74) is 1.92. The summed E-state index contributed by atoms with van der Waals surface area (Å²) >= 11 is 0. The minimum absolute atomic E-state index is 0.126. The van der Waals surface area contributed by atoms with Crippen molar-refractivity contribution in [1.29, 1.82) is 0 Å². The highest BCUT2D eigenvalue weighted by molar-refractivity contribution is 5.74. The number of ether oxygens (including phenoxy) is 1. The van der Waals surface area contributed by atoms with Gasteiger partial charge >= 0.3 is 5.97 Å². The summed E-state index contributed by atoms with van der Waals surface area (Å²) in [6, 6.07) is 7.26. The van der Waals surface area contributed by atoms with Crippen LogP contribution in [-0.4, -0.2) is 49.2 Å². The summed E-state index contributed by atoms with van der Waals surface area (Å²) in [5.74, 6) is -0.169. The Balaban J connectivity index is 1.60. The molecule has 0 spiro atoms. The number of rotatable bonds is 5. The lowest BCUT2D eigenvalue weighted by Crippen LogP contribution is -2.20. The molecule has 0 aliphatic heterocycles. The average Bonchev–Trinajstić information content (AvgIpc) is 3.29. The Morgan fingerprint density at radius 2 is 2.12 bits per heavy atom. The quantitative estimate of drug-likeness (QED) is 0.666. The molecule has 26 heavy (non-hydrogen) atoms. The number of aliphatic carboxylic acids is 1. The van der Waals surface area contributed by atoms with E-state index in [1.54, 1.807) is 24.1 Å². The van der Waals surface area contributed by atoms with Crippen LogP contribution < -0.4 is 10.1 Å². The summed E-state index contributed by atoms with van der Waals surface area (Å²) in [4.78, 5) is 19.8. The van der Waals surface area contributed by atoms with Crippen molar-refractivity contribution >= 4 is 23.1 Å². The molecule has 1 aliphatic carbocycles. The average molecular weight is 352 g/mol. The predicted molar refractivity (Wildman–Crippen MR) is 93.3 cm³/mol. The molecular formula is C17H16N6O3. The molecule has 2 N–H and O–H groups in total. The van der Waals surface area contributed by atoms with E-state index in [0.29, 0.717) is 23.5 Å². The molecule has 2 atom stereocenters. The largest absolute Gasteiger partial charge is 0.497 e. The molecule has 0 bridgehead atoms. The lowest BCUT2D eigenvalue weighted by molar-refractivity contribution is -0.140. The molecule has 0 fully saturated rings. The van der Waals surface area contributed by atoms with E-state index in [9.17, 15) is 4.79 Å². The zero-order valence-corrected chi connectivity index (χ0v) is 13.9. The van der Waals surface area contributed by atoms with Crippen molar-refractivity contribution in [3.05, 3.63) is 42.6 Å². The first-order valence-corrected chi connectivity index (χ1v) is 8.04. The first kappa shape index (κ1) is 16.0. The number of nitrogens with zero attached hydrogens (tertiary/aromatic N) is 5. The molecule has 2 aromatic heterocycles. The van der Waals surface area contributed by atoms with Crippen LogP contribution in [0.5, 0.6) is 5.75 Å². The minimum atomic E-state index is -0.830. The fourth-order valence-corrected chi connectivity index (χ4v) is 2.85. The standard InChI is InChI=1S/C17H16N6O3/c1-26-13-6-4-12(5-7-13)23-15-14(21-22-23)9-18-17(20-15)19-11-3-2-10(8-11)16(24)25/h2-7,9-11H,8H2,1H3,(H,24,25)(H,18,19,20)/t10-,11?/m0/s1. The Morgan fingerprint density at radius 1 is 1.31 bits per heavy atom. The molecule has 1 aliphatic rings. The Morgan fingerprint density at radius 3 is 2.81 bits per heavy atom. The smallest absolute Gasteiger partial charge is 0.310 e. The molecule has 4 rings (SSSR count). The third-order valence-electron chi connectivity index (χ3n) is 4.22. The van der Waals surface area contributed by atoms with Crippen LogP contribution in [0.2, 0.25) is 0 Å². The van der Waals surface area contributed by atoms with Crippen LogP contribution >= 0.6 is 0 Å². The van der Waals surface area contributed by atoms with Gasteiger partial charge in [0.1, 0.15) is 5.75 Å². The van der Waals surface area contributed by atoms with Gasteiger partial charge in [-0.25, -0.2) is 4.98 Å². The fraction of sp³-hybridized carbons (Fsp3) is 0.235. The monoisotopic (exact) mass is 352 g/mol. The van der Waals surface area contributed by atoms with Gasteiger partial charge in [-0.1, -0.05) is 17.4 Å². The molecule has 2 heterocycles. The maximum atomic E-state index is 11.0. The summed E-state index contributed by atoms with van der Waals surface area (Å²) < 4.78 is 6.78. The molecule has 9 nitrogen and oxygen atoms in total. The van der Waals surface area contributed by atoms with Crippen LogP contribution in [0.25, 0.3) is 16.9 Å². The lowest BCUT2D eigenvalue weighted by atomic mass is 10.1. The van der Waals surface area contributed by atoms with E-state index >= 15 is 0 Å². The third kappa shape index (κ3) is 2.94. The van der Waals surface area contributed by atoms with Crippen LogP contribution in [0.15, 0.2) is 42.6 Å². The maximum absolute atomic E-state index is 11.0. The van der Waals surface area contributed by atoms with Crippen LogP contribution in [-0.2, 0) is 4.79 Å². The van der Waals surface area contributed by atoms with Crippen molar-refractivity contribution in [2.45, 2.75) is 12.5 Å². The Kier molecular flexibility index (Phi) is 3.96. The van der Waals surface area contributed by atoms with Crippen molar-refractivity contribution in [3.8, 4) is 11.4 Å². The number of anilines is 1. The highest BCUT2D eigenvalue weighted by Crippen LogP contribution is 2.22. The number of aromatic nitrogens is 5. The van der Waals surface area contributed by atoms with Crippen LogP contribution in [0.1, 0.15) is 6.42 Å². The number of nitrogens with one attached hydrogen (secondary N) is 1. The van der Waals surface area contributed by atoms with Gasteiger partial charge in [0.25, 0.3) is 0 Å². The SMILES string of the molecule is COc1ccc(-n2nnc3cnc(NC4C=C[C@H](C(=O)O)C4)nc32)cc1. The maximum Gasteiger partial charge on any atom is 0.310 e. The number of carboxylic acid groups (broad SMARTS) is 1. The summed E-state index contributed by atoms with van der Waals surface area (Å²) in [7, 11) is 1.61. The number of carboxylic acids is 1. The number of methoxy groups -OCH3 is 1. The molecule has 3 aromatic rings. The van der Waals surface area contributed by atoms with Gasteiger partial charge < -0.3 is 15.2 Å². The normalized spacial score (nSPS) is 19.0. The Bertz CT molecular complexity index is 982. The van der Waals surface area contributed by atoms with E-state index in [4.69, 9.17) is 9.84 Å². The van der Waals surface area contributed by atoms with Gasteiger partial charge in [-0.05, 0) is 30.7 Å². The number of hydrogen-bond donors (Lipinski definition) is 2. The lowest BCUT2D eigenvalue weighted by Gasteiger charge is -2.11. The number of fused-ring (bicyclic) bond motifs is 1. The summed E-state index contributed by atoms with van der Waals surface area (Å²) in [5, 5.41) is 20.4. The molecule has 0 amide bonds. The second-order valence-corrected chi connectivity index (χ2v) is 5.92. The van der Waals surface area contributed by atoms with Gasteiger partial charge in [0.05, 0.1) is 24.9 Å². The zero-order valence-electron chi connectivity index (χ0n) is 13.9. The highest BCUT2D eigenvalue weighted by Gasteiger charge is 2.25. The van der Waals surface area contributed by atoms with Gasteiger partial charge in [0.15, 0.2) is 11.2 Å². The molecule has 1 aromatic carbocycles. The van der Waals surface area contributed by atoms with Gasteiger partial charge in [0, 0.05) is 6.04 Å². The Labute approximate surface area is 148 Å². The number of hydrogen-bond acceptors (Lipinski definition) is 7. The van der Waals surface area contributed by atoms with E-state index in [-0.39, 0.29) is 6.04 Å². The van der Waals surface area contributed by atoms with E-state index in [2.05, 4.69) is 25.6 Å². The first-order chi connectivity index (χ1) is 12.6. The topological polar surface area (TPSA) is 115 Å². The van der Waals surface area contributed by atoms with Crippen LogP contribution in [0, 0.1) is 5.92 Å². The van der Waals surface area contributed by atoms with Crippen molar-refractivity contribution in [2.75, 3.05) is 12.4 Å².